The number of rotatable bonds is 16. The van der Waals surface area contributed by atoms with E-state index in [4.69, 9.17) is 41.7 Å². The first-order chi connectivity index (χ1) is 33.0. The molecule has 18 heteroatoms. The van der Waals surface area contributed by atoms with Crippen LogP contribution in [0, 0.1) is 25.5 Å². The van der Waals surface area contributed by atoms with Crippen LogP contribution in [0.15, 0.2) is 118 Å². The molecule has 0 saturated heterocycles. The molecule has 8 aromatic rings. The van der Waals surface area contributed by atoms with Gasteiger partial charge >= 0.3 is 0 Å². The lowest BCUT2D eigenvalue weighted by Crippen LogP contribution is -2.24. The van der Waals surface area contributed by atoms with Gasteiger partial charge in [0.1, 0.15) is 45.8 Å². The molecule has 352 valence electrons. The molecule has 0 radical (unpaired) electrons. The maximum absolute atomic E-state index is 13.6. The van der Waals surface area contributed by atoms with Gasteiger partial charge in [-0.3, -0.25) is 14.4 Å². The lowest BCUT2D eigenvalue weighted by Gasteiger charge is -2.24. The molecule has 0 saturated carbocycles. The molecule has 0 fully saturated rings. The summed E-state index contributed by atoms with van der Waals surface area (Å²) in [5.41, 5.74) is 3.32. The predicted molar refractivity (Wildman–Crippen MR) is 252 cm³/mol. The van der Waals surface area contributed by atoms with Crippen molar-refractivity contribution < 1.29 is 46.8 Å². The Kier molecular flexibility index (Phi) is 15.5. The third-order valence-electron chi connectivity index (χ3n) is 10.8. The number of Topliss-reactive ketones (excluding diaryl/α,β-unsaturated/α-hetero) is 3. The third kappa shape index (κ3) is 12.0. The summed E-state index contributed by atoms with van der Waals surface area (Å²) in [6.45, 7) is 5.04. The molecule has 14 nitrogen and oxygen atoms in total. The minimum atomic E-state index is -1.40. The summed E-state index contributed by atoms with van der Waals surface area (Å²) in [5, 5.41) is 18.5. The Hall–Kier alpha value is -7.53. The largest absolute Gasteiger partial charge is 0.494 e. The molecule has 1 N–H and O–H groups in total. The number of aromatic nitrogens is 6. The molecule has 69 heavy (non-hydrogen) atoms. The number of pyridine rings is 2. The Morgan fingerprint density at radius 2 is 1.01 bits per heavy atom. The van der Waals surface area contributed by atoms with Crippen LogP contribution in [0.4, 0.5) is 8.78 Å². The molecule has 4 aromatic carbocycles. The van der Waals surface area contributed by atoms with Crippen molar-refractivity contribution in [3.63, 3.8) is 0 Å². The molecule has 0 bridgehead atoms. The van der Waals surface area contributed by atoms with Crippen LogP contribution in [0.25, 0.3) is 45.4 Å². The van der Waals surface area contributed by atoms with Gasteiger partial charge in [0.2, 0.25) is 0 Å². The number of hydrogen-bond acceptors (Lipinski definition) is 14. The summed E-state index contributed by atoms with van der Waals surface area (Å²) in [6.07, 6.45) is 0.229. The molecule has 4 aromatic heterocycles. The van der Waals surface area contributed by atoms with Gasteiger partial charge in [-0.1, -0.05) is 57.8 Å². The van der Waals surface area contributed by atoms with E-state index in [1.165, 1.54) is 56.7 Å². The highest BCUT2D eigenvalue weighted by Crippen LogP contribution is 2.35. The van der Waals surface area contributed by atoms with Gasteiger partial charge in [-0.25, -0.2) is 18.7 Å². The zero-order valence-corrected chi connectivity index (χ0v) is 39.2. The molecular weight excluding hydrogens is 933 g/mol. The van der Waals surface area contributed by atoms with Crippen LogP contribution in [-0.4, -0.2) is 66.9 Å². The average molecular weight is 976 g/mol. The predicted octanol–water partition coefficient (Wildman–Crippen LogP) is 11.5. The van der Waals surface area contributed by atoms with Crippen LogP contribution in [0.2, 0.25) is 10.0 Å². The lowest BCUT2D eigenvalue weighted by atomic mass is 9.92. The van der Waals surface area contributed by atoms with Crippen LogP contribution >= 0.6 is 23.2 Å². The first kappa shape index (κ1) is 49.4. The number of hydrogen-bond donors (Lipinski definition) is 1. The fourth-order valence-electron chi connectivity index (χ4n) is 6.93. The molecule has 0 aliphatic heterocycles. The van der Waals surface area contributed by atoms with Gasteiger partial charge in [-0.2, -0.15) is 9.97 Å². The van der Waals surface area contributed by atoms with Crippen molar-refractivity contribution in [3.8, 4) is 56.9 Å². The highest BCUT2D eigenvalue weighted by atomic mass is 35.5. The fraction of sp³-hybridized carbons (Fsp3) is 0.196. The molecule has 1 unspecified atom stereocenters. The summed E-state index contributed by atoms with van der Waals surface area (Å²) in [6, 6.07) is 28.4. The van der Waals surface area contributed by atoms with E-state index >= 15 is 0 Å². The Morgan fingerprint density at radius 3 is 1.46 bits per heavy atom. The van der Waals surface area contributed by atoms with E-state index in [-0.39, 0.29) is 58.8 Å². The second-order valence-electron chi connectivity index (χ2n) is 15.7. The average Bonchev–Trinajstić information content (AvgIpc) is 4.01. The number of ketones is 3. The minimum Gasteiger partial charge on any atom is -0.494 e. The van der Waals surface area contributed by atoms with E-state index in [1.807, 2.05) is 0 Å². The number of nitrogens with zero attached hydrogens (tertiary/aromatic N) is 6. The third-order valence-corrected chi connectivity index (χ3v) is 11.3. The number of aryl methyl sites for hydroxylation is 2. The SMILES string of the molecule is COc1ccc(C(=O)CCC(=O)c2ccc(-c3nc(C)no3)cc2)nc1-c1ccc(F)c(Cl)c1.COc1ccc(C(C)(O)CCC(=O)c2ccc(-c3nc(C)no3)cc2)nc1-c1ccc(F)c(Cl)c1. The number of ether oxygens (including phenoxy) is 2. The van der Waals surface area contributed by atoms with Gasteiger partial charge in [-0.15, -0.1) is 0 Å². The maximum Gasteiger partial charge on any atom is 0.257 e. The Balaban J connectivity index is 0.000000204. The van der Waals surface area contributed by atoms with Crippen molar-refractivity contribution in [2.24, 2.45) is 0 Å². The molecule has 0 spiro atoms. The van der Waals surface area contributed by atoms with E-state index in [9.17, 15) is 28.3 Å². The van der Waals surface area contributed by atoms with E-state index in [2.05, 4.69) is 30.2 Å². The fourth-order valence-corrected chi connectivity index (χ4v) is 7.29. The van der Waals surface area contributed by atoms with Crippen LogP contribution in [0.1, 0.15) is 81.2 Å². The number of methoxy groups -OCH3 is 2. The first-order valence-electron chi connectivity index (χ1n) is 21.2. The van der Waals surface area contributed by atoms with Gasteiger partial charge in [0, 0.05) is 52.6 Å². The molecule has 8 rings (SSSR count). The van der Waals surface area contributed by atoms with E-state index in [0.717, 1.165) is 0 Å². The van der Waals surface area contributed by atoms with Crippen molar-refractivity contribution in [1.29, 1.82) is 0 Å². The zero-order chi connectivity index (χ0) is 49.4. The highest BCUT2D eigenvalue weighted by molar-refractivity contribution is 6.31. The minimum absolute atomic E-state index is 0.0171. The van der Waals surface area contributed by atoms with E-state index in [1.54, 1.807) is 87.5 Å². The lowest BCUT2D eigenvalue weighted by molar-refractivity contribution is 0.0397. The number of carbonyl (C=O) groups is 3. The molecule has 0 aliphatic rings. The quantitative estimate of drug-likeness (QED) is 0.0899. The van der Waals surface area contributed by atoms with Gasteiger partial charge in [0.25, 0.3) is 11.8 Å². The van der Waals surface area contributed by atoms with Crippen molar-refractivity contribution >= 4 is 40.6 Å². The Bertz CT molecular complexity index is 3160. The number of carbonyl (C=O) groups excluding carboxylic acids is 3. The Morgan fingerprint density at radius 1 is 0.580 bits per heavy atom. The molecule has 0 aliphatic carbocycles. The molecular formula is C51H42Cl2F2N6O8. The monoisotopic (exact) mass is 974 g/mol. The maximum atomic E-state index is 13.6. The topological polar surface area (TPSA) is 194 Å². The molecule has 0 amide bonds. The van der Waals surface area contributed by atoms with Gasteiger partial charge < -0.3 is 23.6 Å². The summed E-state index contributed by atoms with van der Waals surface area (Å²) in [5.74, 6) is 0.940. The van der Waals surface area contributed by atoms with Gasteiger partial charge in [0.05, 0.1) is 30.0 Å². The first-order valence-corrected chi connectivity index (χ1v) is 21.9. The molecule has 4 heterocycles. The van der Waals surface area contributed by atoms with Crippen LogP contribution in [0.3, 0.4) is 0 Å². The summed E-state index contributed by atoms with van der Waals surface area (Å²) in [7, 11) is 2.96. The van der Waals surface area contributed by atoms with Crippen LogP contribution < -0.4 is 9.47 Å². The van der Waals surface area contributed by atoms with Crippen molar-refractivity contribution in [2.45, 2.75) is 52.1 Å². The van der Waals surface area contributed by atoms with Crippen LogP contribution in [-0.2, 0) is 5.60 Å². The summed E-state index contributed by atoms with van der Waals surface area (Å²) in [4.78, 5) is 55.4. The summed E-state index contributed by atoms with van der Waals surface area (Å²) >= 11 is 11.8. The number of aliphatic hydroxyl groups is 1. The van der Waals surface area contributed by atoms with Crippen molar-refractivity contribution in [3.05, 3.63) is 165 Å². The second-order valence-corrected chi connectivity index (χ2v) is 16.6. The van der Waals surface area contributed by atoms with Gasteiger partial charge in [0.15, 0.2) is 29.0 Å². The smallest absolute Gasteiger partial charge is 0.257 e. The standard InChI is InChI=1S/C26H23ClFN3O4.C25H19ClFN3O4/c1-15-29-25(35-31-15)17-6-4-16(5-7-17)21(32)12-13-26(2,33)23-11-10-22(34-3)24(30-23)18-8-9-20(28)19(27)14-18;1-14-28-25(34-30-14)16-5-3-15(4-6-16)21(31)10-11-22(32)20-9-12-23(33-2)24(29-20)17-7-8-19(27)18(26)13-17/h4-11,14,33H,12-13H2,1-3H3;3-9,12-13H,10-11H2,1-2H3. The van der Waals surface area contributed by atoms with Crippen molar-refractivity contribution in [1.82, 2.24) is 30.2 Å². The highest BCUT2D eigenvalue weighted by Gasteiger charge is 2.28. The number of benzene rings is 4. The Labute approximate surface area is 404 Å². The number of halogens is 4. The normalized spacial score (nSPS) is 11.9. The van der Waals surface area contributed by atoms with Crippen molar-refractivity contribution in [2.75, 3.05) is 14.2 Å². The van der Waals surface area contributed by atoms with E-state index in [0.29, 0.717) is 85.4 Å². The molecule has 1 atom stereocenters. The van der Waals surface area contributed by atoms with Crippen LogP contribution in [0.5, 0.6) is 11.5 Å². The van der Waals surface area contributed by atoms with E-state index < -0.39 is 17.2 Å². The van der Waals surface area contributed by atoms with Gasteiger partial charge in [-0.05, 0) is 112 Å². The second kappa shape index (κ2) is 21.6. The zero-order valence-electron chi connectivity index (χ0n) is 37.7. The summed E-state index contributed by atoms with van der Waals surface area (Å²) < 4.78 is 48.1.